The maximum atomic E-state index is 13.4. The van der Waals surface area contributed by atoms with Crippen LogP contribution in [-0.4, -0.2) is 71.9 Å². The van der Waals surface area contributed by atoms with E-state index in [0.717, 1.165) is 63.8 Å². The smallest absolute Gasteiger partial charge is 0.317 e. The molecule has 3 aromatic rings. The van der Waals surface area contributed by atoms with Gasteiger partial charge in [0.25, 0.3) is 5.91 Å². The number of amides is 3. The van der Waals surface area contributed by atoms with E-state index >= 15 is 0 Å². The molecule has 1 aliphatic carbocycles. The number of hydrogen-bond acceptors (Lipinski definition) is 3. The van der Waals surface area contributed by atoms with Gasteiger partial charge in [-0.25, -0.2) is 4.79 Å². The van der Waals surface area contributed by atoms with Crippen LogP contribution in [0.2, 0.25) is 5.02 Å². The molecule has 6 nitrogen and oxygen atoms in total. The number of urea groups is 1. The SMILES string of the molecule is CCCN(C(=O)NCc1ccccc1)C1CCN(CC2CC(N(C)C(=O)c3ccc(Cl)cc3)CC2c2ccccc2)CC1. The molecule has 0 aromatic heterocycles. The van der Waals surface area contributed by atoms with Gasteiger partial charge >= 0.3 is 6.03 Å². The first-order valence-corrected chi connectivity index (χ1v) is 16.2. The molecule has 1 saturated carbocycles. The van der Waals surface area contributed by atoms with Crippen molar-refractivity contribution in [1.82, 2.24) is 20.0 Å². The first kappa shape index (κ1) is 31.1. The lowest BCUT2D eigenvalue weighted by Crippen LogP contribution is -2.51. The predicted molar refractivity (Wildman–Crippen MR) is 174 cm³/mol. The zero-order chi connectivity index (χ0) is 30.2. The first-order chi connectivity index (χ1) is 20.9. The van der Waals surface area contributed by atoms with Gasteiger partial charge in [-0.05, 0) is 79.3 Å². The number of halogens is 1. The molecule has 7 heteroatoms. The lowest BCUT2D eigenvalue weighted by molar-refractivity contribution is 0.0726. The van der Waals surface area contributed by atoms with E-state index in [4.69, 9.17) is 11.6 Å². The van der Waals surface area contributed by atoms with Crippen LogP contribution in [0.25, 0.3) is 0 Å². The van der Waals surface area contributed by atoms with Crippen LogP contribution in [0.1, 0.15) is 66.4 Å². The van der Waals surface area contributed by atoms with E-state index in [1.165, 1.54) is 5.56 Å². The Morgan fingerprint density at radius 1 is 0.884 bits per heavy atom. The monoisotopic (exact) mass is 600 g/mol. The summed E-state index contributed by atoms with van der Waals surface area (Å²) in [6.45, 7) is 6.45. The fourth-order valence-electron chi connectivity index (χ4n) is 7.00. The minimum absolute atomic E-state index is 0.0420. The molecule has 3 aromatic carbocycles. The molecule has 0 bridgehead atoms. The van der Waals surface area contributed by atoms with Crippen molar-refractivity contribution in [2.24, 2.45) is 5.92 Å². The standard InChI is InChI=1S/C36H45ClN4O2/c1-3-20-41(36(43)38-25-27-10-6-4-7-11-27)32-18-21-40(22-19-32)26-30-23-33(24-34(30)28-12-8-5-9-13-28)39(2)35(42)29-14-16-31(37)17-15-29/h4-17,30,32-34H,3,18-26H2,1-2H3,(H,38,43). The van der Waals surface area contributed by atoms with E-state index in [1.54, 1.807) is 12.1 Å². The third-order valence-electron chi connectivity index (χ3n) is 9.36. The van der Waals surface area contributed by atoms with Crippen molar-refractivity contribution in [3.8, 4) is 0 Å². The molecule has 3 amide bonds. The molecular formula is C36H45ClN4O2. The number of nitrogens with zero attached hydrogens (tertiary/aromatic N) is 3. The molecule has 228 valence electrons. The maximum absolute atomic E-state index is 13.4. The highest BCUT2D eigenvalue weighted by Gasteiger charge is 2.40. The molecule has 43 heavy (non-hydrogen) atoms. The van der Waals surface area contributed by atoms with Crippen molar-refractivity contribution in [3.63, 3.8) is 0 Å². The minimum Gasteiger partial charge on any atom is -0.339 e. The fraction of sp³-hybridized carbons (Fsp3) is 0.444. The summed E-state index contributed by atoms with van der Waals surface area (Å²) < 4.78 is 0. The third-order valence-corrected chi connectivity index (χ3v) is 9.61. The molecule has 1 aliphatic heterocycles. The Morgan fingerprint density at radius 3 is 2.19 bits per heavy atom. The molecule has 3 atom stereocenters. The second-order valence-corrected chi connectivity index (χ2v) is 12.6. The number of rotatable bonds is 10. The van der Waals surface area contributed by atoms with Crippen LogP contribution in [0, 0.1) is 5.92 Å². The highest BCUT2D eigenvalue weighted by molar-refractivity contribution is 6.30. The van der Waals surface area contributed by atoms with Gasteiger partial charge in [-0.2, -0.15) is 0 Å². The van der Waals surface area contributed by atoms with Crippen LogP contribution in [0.3, 0.4) is 0 Å². The van der Waals surface area contributed by atoms with Gasteiger partial charge in [-0.15, -0.1) is 0 Å². The molecule has 1 N–H and O–H groups in total. The molecule has 1 saturated heterocycles. The Bertz CT molecular complexity index is 1310. The topological polar surface area (TPSA) is 55.9 Å². The van der Waals surface area contributed by atoms with Crippen LogP contribution in [0.15, 0.2) is 84.9 Å². The zero-order valence-electron chi connectivity index (χ0n) is 25.5. The highest BCUT2D eigenvalue weighted by atomic mass is 35.5. The second kappa shape index (κ2) is 14.9. The molecule has 0 spiro atoms. The molecular weight excluding hydrogens is 556 g/mol. The Morgan fingerprint density at radius 2 is 1.53 bits per heavy atom. The Labute approximate surface area is 262 Å². The number of piperidine rings is 1. The first-order valence-electron chi connectivity index (χ1n) is 15.8. The van der Waals surface area contributed by atoms with Crippen molar-refractivity contribution >= 4 is 23.5 Å². The van der Waals surface area contributed by atoms with Gasteiger partial charge < -0.3 is 20.0 Å². The number of nitrogens with one attached hydrogen (secondary N) is 1. The Hall–Kier alpha value is -3.35. The van der Waals surface area contributed by atoms with Gasteiger partial charge in [0.05, 0.1) is 0 Å². The number of likely N-dealkylation sites (tertiary alicyclic amines) is 1. The summed E-state index contributed by atoms with van der Waals surface area (Å²) in [7, 11) is 1.95. The van der Waals surface area contributed by atoms with Crippen LogP contribution in [-0.2, 0) is 6.54 Å². The number of carbonyl (C=O) groups is 2. The van der Waals surface area contributed by atoms with Gasteiger partial charge in [0.2, 0.25) is 0 Å². The van der Waals surface area contributed by atoms with Crippen molar-refractivity contribution in [2.45, 2.75) is 63.6 Å². The van der Waals surface area contributed by atoms with Crippen molar-refractivity contribution in [2.75, 3.05) is 33.2 Å². The highest BCUT2D eigenvalue weighted by Crippen LogP contribution is 2.42. The van der Waals surface area contributed by atoms with E-state index in [0.29, 0.717) is 29.0 Å². The fourth-order valence-corrected chi connectivity index (χ4v) is 7.12. The van der Waals surface area contributed by atoms with Crippen LogP contribution in [0.4, 0.5) is 4.79 Å². The maximum Gasteiger partial charge on any atom is 0.317 e. The van der Waals surface area contributed by atoms with Gasteiger partial charge in [0.1, 0.15) is 0 Å². The quantitative estimate of drug-likeness (QED) is 0.271. The average molecular weight is 601 g/mol. The summed E-state index contributed by atoms with van der Waals surface area (Å²) >= 11 is 6.06. The molecule has 5 rings (SSSR count). The summed E-state index contributed by atoms with van der Waals surface area (Å²) in [6.07, 6.45) is 4.87. The van der Waals surface area contributed by atoms with Crippen molar-refractivity contribution in [3.05, 3.63) is 107 Å². The van der Waals surface area contributed by atoms with Crippen LogP contribution in [0.5, 0.6) is 0 Å². The predicted octanol–water partition coefficient (Wildman–Crippen LogP) is 7.06. The normalized spacial score (nSPS) is 21.0. The minimum atomic E-state index is 0.0420. The summed E-state index contributed by atoms with van der Waals surface area (Å²) in [6, 6.07) is 28.6. The van der Waals surface area contributed by atoms with Gasteiger partial charge in [0, 0.05) is 62.4 Å². The number of hydrogen-bond donors (Lipinski definition) is 1. The number of benzene rings is 3. The van der Waals surface area contributed by atoms with E-state index < -0.39 is 0 Å². The lowest BCUT2D eigenvalue weighted by Gasteiger charge is -2.39. The third kappa shape index (κ3) is 7.98. The van der Waals surface area contributed by atoms with Crippen LogP contribution >= 0.6 is 11.6 Å². The van der Waals surface area contributed by atoms with Crippen LogP contribution < -0.4 is 5.32 Å². The van der Waals surface area contributed by atoms with Gasteiger partial charge in [-0.3, -0.25) is 4.79 Å². The summed E-state index contributed by atoms with van der Waals surface area (Å²) in [5, 5.41) is 3.79. The van der Waals surface area contributed by atoms with E-state index in [9.17, 15) is 9.59 Å². The van der Waals surface area contributed by atoms with Gasteiger partial charge in [-0.1, -0.05) is 79.2 Å². The van der Waals surface area contributed by atoms with E-state index in [2.05, 4.69) is 52.4 Å². The van der Waals surface area contributed by atoms with Gasteiger partial charge in [0.15, 0.2) is 0 Å². The molecule has 2 aliphatic rings. The average Bonchev–Trinajstić information content (AvgIpc) is 3.47. The zero-order valence-corrected chi connectivity index (χ0v) is 26.3. The van der Waals surface area contributed by atoms with Crippen molar-refractivity contribution in [1.29, 1.82) is 0 Å². The largest absolute Gasteiger partial charge is 0.339 e. The second-order valence-electron chi connectivity index (χ2n) is 12.2. The molecule has 0 radical (unpaired) electrons. The lowest BCUT2D eigenvalue weighted by atomic mass is 9.88. The molecule has 3 unspecified atom stereocenters. The summed E-state index contributed by atoms with van der Waals surface area (Å²) in [4.78, 5) is 33.2. The Balaban J connectivity index is 1.20. The van der Waals surface area contributed by atoms with E-state index in [1.807, 2.05) is 54.4 Å². The Kier molecular flexibility index (Phi) is 10.8. The summed E-state index contributed by atoms with van der Waals surface area (Å²) in [5.74, 6) is 0.923. The molecule has 1 heterocycles. The molecule has 2 fully saturated rings. The van der Waals surface area contributed by atoms with Crippen molar-refractivity contribution < 1.29 is 9.59 Å². The summed E-state index contributed by atoms with van der Waals surface area (Å²) in [5.41, 5.74) is 3.16. The van der Waals surface area contributed by atoms with E-state index in [-0.39, 0.29) is 24.0 Å². The number of carbonyl (C=O) groups excluding carboxylic acids is 2.